The van der Waals surface area contributed by atoms with Gasteiger partial charge in [0.1, 0.15) is 9.83 Å². The molecule has 0 unspecified atom stereocenters. The largest absolute Gasteiger partial charge is 0.416 e. The molecule has 5 rings (SSSR count). The lowest BCUT2D eigenvalue weighted by molar-refractivity contribution is -0.137. The summed E-state index contributed by atoms with van der Waals surface area (Å²) in [5.41, 5.74) is 1.60. The molecule has 1 fully saturated rings. The minimum atomic E-state index is -4.37. The SMILES string of the molecule is FC(F)(F)c1ccc(N=Nc2cc3sc(N=Nc4ccc(N5CCCC5)cc4)nc3s2)cc1. The summed E-state index contributed by atoms with van der Waals surface area (Å²) in [4.78, 5) is 7.59. The van der Waals surface area contributed by atoms with Crippen LogP contribution in [0.1, 0.15) is 18.4 Å². The zero-order valence-corrected chi connectivity index (χ0v) is 18.8. The fraction of sp³-hybridized carbons (Fsp3) is 0.227. The van der Waals surface area contributed by atoms with E-state index < -0.39 is 11.7 Å². The summed E-state index contributed by atoms with van der Waals surface area (Å²) < 4.78 is 38.8. The summed E-state index contributed by atoms with van der Waals surface area (Å²) in [5.74, 6) is 0. The van der Waals surface area contributed by atoms with Gasteiger partial charge in [-0.3, -0.25) is 0 Å². The van der Waals surface area contributed by atoms with Crippen LogP contribution in [0.3, 0.4) is 0 Å². The van der Waals surface area contributed by atoms with Crippen LogP contribution in [0, 0.1) is 0 Å². The molecule has 0 N–H and O–H groups in total. The highest BCUT2D eigenvalue weighted by Gasteiger charge is 2.29. The summed E-state index contributed by atoms with van der Waals surface area (Å²) in [6.07, 6.45) is -1.90. The van der Waals surface area contributed by atoms with Crippen LogP contribution < -0.4 is 4.90 Å². The van der Waals surface area contributed by atoms with Gasteiger partial charge < -0.3 is 4.90 Å². The lowest BCUT2D eigenvalue weighted by Crippen LogP contribution is -2.17. The van der Waals surface area contributed by atoms with Gasteiger partial charge in [-0.2, -0.15) is 13.2 Å². The molecule has 6 nitrogen and oxygen atoms in total. The Morgan fingerprint density at radius 1 is 0.788 bits per heavy atom. The second kappa shape index (κ2) is 8.99. The van der Waals surface area contributed by atoms with Gasteiger partial charge >= 0.3 is 6.18 Å². The lowest BCUT2D eigenvalue weighted by atomic mass is 10.2. The number of thiophene rings is 1. The molecule has 2 aromatic heterocycles. The summed E-state index contributed by atoms with van der Waals surface area (Å²) in [5, 5.41) is 17.8. The van der Waals surface area contributed by atoms with E-state index >= 15 is 0 Å². The number of anilines is 1. The fourth-order valence-corrected chi connectivity index (χ4v) is 5.28. The highest BCUT2D eigenvalue weighted by atomic mass is 32.1. The molecule has 0 amide bonds. The van der Waals surface area contributed by atoms with E-state index in [1.807, 2.05) is 18.2 Å². The fourth-order valence-electron chi connectivity index (χ4n) is 3.43. The normalized spacial score (nSPS) is 14.9. The third kappa shape index (κ3) is 5.09. The highest BCUT2D eigenvalue weighted by Crippen LogP contribution is 2.39. The van der Waals surface area contributed by atoms with E-state index in [1.54, 1.807) is 0 Å². The van der Waals surface area contributed by atoms with Crippen molar-refractivity contribution in [1.82, 2.24) is 4.98 Å². The second-order valence-corrected chi connectivity index (χ2v) is 9.42. The minimum Gasteiger partial charge on any atom is -0.372 e. The Morgan fingerprint density at radius 2 is 1.42 bits per heavy atom. The Labute approximate surface area is 195 Å². The molecule has 4 aromatic rings. The predicted octanol–water partition coefficient (Wildman–Crippen LogP) is 8.81. The first-order valence-electron chi connectivity index (χ1n) is 10.2. The maximum absolute atomic E-state index is 12.6. The number of alkyl halides is 3. The molecule has 168 valence electrons. The monoisotopic (exact) mass is 486 g/mol. The quantitative estimate of drug-likeness (QED) is 0.265. The summed E-state index contributed by atoms with van der Waals surface area (Å²) in [6.45, 7) is 2.20. The Bertz CT molecular complexity index is 1270. The van der Waals surface area contributed by atoms with Gasteiger partial charge in [0.25, 0.3) is 0 Å². The van der Waals surface area contributed by atoms with Crippen molar-refractivity contribution >= 4 is 59.4 Å². The number of fused-ring (bicyclic) bond motifs is 1. The number of halogens is 3. The summed E-state index contributed by atoms with van der Waals surface area (Å²) in [6, 6.07) is 14.4. The highest BCUT2D eigenvalue weighted by molar-refractivity contribution is 7.30. The predicted molar refractivity (Wildman–Crippen MR) is 125 cm³/mol. The van der Waals surface area contributed by atoms with Crippen molar-refractivity contribution in [3.63, 3.8) is 0 Å². The number of hydrogen-bond donors (Lipinski definition) is 0. The van der Waals surface area contributed by atoms with Crippen molar-refractivity contribution in [1.29, 1.82) is 0 Å². The molecule has 0 atom stereocenters. The molecule has 1 saturated heterocycles. The number of nitrogens with zero attached hydrogens (tertiary/aromatic N) is 6. The van der Waals surface area contributed by atoms with Crippen LogP contribution in [-0.4, -0.2) is 18.1 Å². The Balaban J connectivity index is 1.24. The van der Waals surface area contributed by atoms with Gasteiger partial charge in [0.05, 0.1) is 21.6 Å². The van der Waals surface area contributed by atoms with Crippen molar-refractivity contribution in [2.75, 3.05) is 18.0 Å². The van der Waals surface area contributed by atoms with Gasteiger partial charge in [-0.05, 0) is 67.4 Å². The molecule has 0 spiro atoms. The standard InChI is InChI=1S/C22H17F3N6S2/c23-22(24,25)14-3-5-15(6-4-14)27-29-19-13-18-20(33-19)26-21(32-18)30-28-16-7-9-17(10-8-16)31-11-1-2-12-31/h3-10,13H,1-2,11-12H2. The molecule has 33 heavy (non-hydrogen) atoms. The van der Waals surface area contributed by atoms with Gasteiger partial charge in [0.15, 0.2) is 0 Å². The molecular weight excluding hydrogens is 469 g/mol. The second-order valence-electron chi connectivity index (χ2n) is 7.41. The molecule has 1 aliphatic heterocycles. The van der Waals surface area contributed by atoms with E-state index in [-0.39, 0.29) is 0 Å². The van der Waals surface area contributed by atoms with E-state index in [0.29, 0.717) is 15.8 Å². The molecule has 1 aliphatic rings. The van der Waals surface area contributed by atoms with Crippen LogP contribution in [0.25, 0.3) is 9.53 Å². The van der Waals surface area contributed by atoms with Gasteiger partial charge in [-0.25, -0.2) is 4.98 Å². The number of hydrogen-bond acceptors (Lipinski definition) is 8. The van der Waals surface area contributed by atoms with E-state index in [0.717, 1.165) is 40.4 Å². The van der Waals surface area contributed by atoms with E-state index in [9.17, 15) is 13.2 Å². The maximum atomic E-state index is 12.6. The Kier molecular flexibility index (Phi) is 5.90. The van der Waals surface area contributed by atoms with Crippen LogP contribution in [0.5, 0.6) is 0 Å². The van der Waals surface area contributed by atoms with E-state index in [1.165, 1.54) is 53.3 Å². The Hall–Kier alpha value is -3.18. The molecule has 0 bridgehead atoms. The summed E-state index contributed by atoms with van der Waals surface area (Å²) in [7, 11) is 0. The van der Waals surface area contributed by atoms with Gasteiger partial charge in [-0.15, -0.1) is 20.5 Å². The zero-order chi connectivity index (χ0) is 22.8. The Morgan fingerprint density at radius 3 is 2.06 bits per heavy atom. The van der Waals surface area contributed by atoms with Crippen LogP contribution in [0.2, 0.25) is 0 Å². The van der Waals surface area contributed by atoms with Gasteiger partial charge in [-0.1, -0.05) is 22.7 Å². The first-order chi connectivity index (χ1) is 15.9. The lowest BCUT2D eigenvalue weighted by Gasteiger charge is -2.17. The van der Waals surface area contributed by atoms with E-state index in [2.05, 4.69) is 42.5 Å². The van der Waals surface area contributed by atoms with Crippen molar-refractivity contribution in [2.45, 2.75) is 19.0 Å². The number of azo groups is 2. The molecule has 11 heteroatoms. The van der Waals surface area contributed by atoms with Crippen molar-refractivity contribution in [3.05, 3.63) is 60.2 Å². The number of rotatable bonds is 5. The number of aromatic nitrogens is 1. The minimum absolute atomic E-state index is 0.345. The van der Waals surface area contributed by atoms with Crippen molar-refractivity contribution in [3.8, 4) is 0 Å². The first kappa shape index (κ1) is 21.7. The number of thiazole rings is 1. The zero-order valence-electron chi connectivity index (χ0n) is 17.2. The van der Waals surface area contributed by atoms with Crippen LogP contribution in [0.4, 0.5) is 40.4 Å². The molecule has 0 aliphatic carbocycles. The van der Waals surface area contributed by atoms with Crippen LogP contribution in [0.15, 0.2) is 75.1 Å². The van der Waals surface area contributed by atoms with Crippen molar-refractivity contribution in [2.24, 2.45) is 20.5 Å². The van der Waals surface area contributed by atoms with Crippen LogP contribution >= 0.6 is 22.7 Å². The smallest absolute Gasteiger partial charge is 0.372 e. The van der Waals surface area contributed by atoms with Crippen molar-refractivity contribution < 1.29 is 13.2 Å². The van der Waals surface area contributed by atoms with Crippen LogP contribution in [-0.2, 0) is 6.18 Å². The molecular formula is C22H17F3N6S2. The maximum Gasteiger partial charge on any atom is 0.416 e. The molecule has 0 radical (unpaired) electrons. The van der Waals surface area contributed by atoms with Gasteiger partial charge in [0, 0.05) is 18.8 Å². The number of benzene rings is 2. The summed E-state index contributed by atoms with van der Waals surface area (Å²) >= 11 is 2.73. The third-order valence-electron chi connectivity index (χ3n) is 5.10. The average molecular weight is 487 g/mol. The van der Waals surface area contributed by atoms with E-state index in [4.69, 9.17) is 0 Å². The molecule has 2 aromatic carbocycles. The molecule has 3 heterocycles. The van der Waals surface area contributed by atoms with Gasteiger partial charge in [0.2, 0.25) is 5.13 Å². The third-order valence-corrected chi connectivity index (χ3v) is 7.02. The first-order valence-corrected chi connectivity index (χ1v) is 11.8. The topological polar surface area (TPSA) is 65.6 Å². The molecule has 0 saturated carbocycles. The average Bonchev–Trinajstić information content (AvgIpc) is 3.53.